The maximum Gasteiger partial charge on any atom is 0.173 e. The van der Waals surface area contributed by atoms with Crippen molar-refractivity contribution in [2.24, 2.45) is 0 Å². The van der Waals surface area contributed by atoms with Crippen LogP contribution in [0.3, 0.4) is 0 Å². The third-order valence-corrected chi connectivity index (χ3v) is 5.26. The lowest BCUT2D eigenvalue weighted by atomic mass is 10.0. The van der Waals surface area contributed by atoms with Crippen molar-refractivity contribution in [2.45, 2.75) is 30.7 Å². The third kappa shape index (κ3) is 4.01. The Balaban J connectivity index is 1.80. The number of Topliss-reactive ketones (excluding diaryl/α,β-unsaturated/α-hetero) is 1. The van der Waals surface area contributed by atoms with Gasteiger partial charge in [0.25, 0.3) is 0 Å². The fraction of sp³-hybridized carbons (Fsp3) is 0.333. The van der Waals surface area contributed by atoms with Gasteiger partial charge in [-0.1, -0.05) is 18.2 Å². The Labute approximate surface area is 149 Å². The average Bonchev–Trinajstić information content (AvgIpc) is 2.62. The highest BCUT2D eigenvalue weighted by molar-refractivity contribution is 7.99. The second kappa shape index (κ2) is 7.53. The Morgan fingerprint density at radius 2 is 1.96 bits per heavy atom. The van der Waals surface area contributed by atoms with Crippen molar-refractivity contribution >= 4 is 17.5 Å². The van der Waals surface area contributed by atoms with Gasteiger partial charge < -0.3 is 20.1 Å². The number of carbonyl (C=O) groups is 1. The number of ether oxygens (including phenoxy) is 1. The molecule has 3 N–H and O–H groups in total. The number of ketones is 1. The van der Waals surface area contributed by atoms with Gasteiger partial charge in [0, 0.05) is 23.1 Å². The number of thioether (sulfide) groups is 1. The zero-order valence-corrected chi connectivity index (χ0v) is 14.4. The van der Waals surface area contributed by atoms with Gasteiger partial charge in [0.1, 0.15) is 18.0 Å². The number of hydrogen-bond acceptors (Lipinski definition) is 7. The summed E-state index contributed by atoms with van der Waals surface area (Å²) in [5.74, 6) is 0.693. The Morgan fingerprint density at radius 3 is 2.72 bits per heavy atom. The molecule has 0 radical (unpaired) electrons. The minimum Gasteiger partial charge on any atom is -0.475 e. The molecule has 2 aromatic rings. The zero-order valence-electron chi connectivity index (χ0n) is 13.6. The van der Waals surface area contributed by atoms with Crippen molar-refractivity contribution < 1.29 is 24.9 Å². The number of rotatable bonds is 4. The van der Waals surface area contributed by atoms with Gasteiger partial charge in [0.2, 0.25) is 0 Å². The number of aliphatic hydroxyl groups is 3. The maximum atomic E-state index is 11.5. The molecule has 25 heavy (non-hydrogen) atoms. The van der Waals surface area contributed by atoms with Crippen LogP contribution in [0.15, 0.2) is 42.7 Å². The van der Waals surface area contributed by atoms with Gasteiger partial charge in [0.15, 0.2) is 11.2 Å². The molecule has 0 bridgehead atoms. The van der Waals surface area contributed by atoms with Crippen molar-refractivity contribution in [2.75, 3.05) is 5.75 Å². The highest BCUT2D eigenvalue weighted by Crippen LogP contribution is 2.30. The lowest BCUT2D eigenvalue weighted by Crippen LogP contribution is -2.50. The first-order valence-corrected chi connectivity index (χ1v) is 8.89. The van der Waals surface area contributed by atoms with Crippen LogP contribution >= 0.6 is 11.8 Å². The Kier molecular flexibility index (Phi) is 5.39. The van der Waals surface area contributed by atoms with Crippen molar-refractivity contribution in [3.05, 3.63) is 48.3 Å². The summed E-state index contributed by atoms with van der Waals surface area (Å²) in [6.45, 7) is 1.51. The number of nitrogens with zero attached hydrogens (tertiary/aromatic N) is 1. The molecule has 0 amide bonds. The molecular weight excluding hydrogens is 342 g/mol. The fourth-order valence-corrected chi connectivity index (χ4v) is 3.70. The zero-order chi connectivity index (χ0) is 18.0. The molecule has 132 valence electrons. The first-order chi connectivity index (χ1) is 12.0. The summed E-state index contributed by atoms with van der Waals surface area (Å²) < 4.78 is 5.74. The van der Waals surface area contributed by atoms with Gasteiger partial charge in [0.05, 0.1) is 12.3 Å². The van der Waals surface area contributed by atoms with E-state index in [-0.39, 0.29) is 11.5 Å². The SMILES string of the molecule is CC(=O)c1cccc(-c2cncc(O[C@@H]3SC[C@@H](O)[C@H](O)[C@H]3O)c2)c1. The first-order valence-electron chi connectivity index (χ1n) is 7.84. The Bertz CT molecular complexity index is 769. The van der Waals surface area contributed by atoms with E-state index in [2.05, 4.69) is 4.98 Å². The molecule has 1 fully saturated rings. The van der Waals surface area contributed by atoms with E-state index in [1.54, 1.807) is 30.5 Å². The average molecular weight is 361 g/mol. The van der Waals surface area contributed by atoms with Crippen molar-refractivity contribution in [3.63, 3.8) is 0 Å². The lowest BCUT2D eigenvalue weighted by Gasteiger charge is -2.34. The molecule has 2 heterocycles. The molecule has 0 saturated carbocycles. The van der Waals surface area contributed by atoms with Gasteiger partial charge in [-0.05, 0) is 24.6 Å². The molecule has 1 aliphatic rings. The monoisotopic (exact) mass is 361 g/mol. The summed E-state index contributed by atoms with van der Waals surface area (Å²) in [5.41, 5.74) is 1.52. The van der Waals surface area contributed by atoms with Gasteiger partial charge in [-0.3, -0.25) is 9.78 Å². The number of benzene rings is 1. The lowest BCUT2D eigenvalue weighted by molar-refractivity contribution is -0.0786. The topological polar surface area (TPSA) is 99.9 Å². The number of aromatic nitrogens is 1. The van der Waals surface area contributed by atoms with Crippen LogP contribution in [-0.4, -0.2) is 55.6 Å². The second-order valence-corrected chi connectivity index (χ2v) is 7.05. The molecule has 6 nitrogen and oxygen atoms in total. The third-order valence-electron chi connectivity index (χ3n) is 4.02. The van der Waals surface area contributed by atoms with Crippen LogP contribution in [0.5, 0.6) is 5.75 Å². The normalized spacial score (nSPS) is 26.2. The van der Waals surface area contributed by atoms with E-state index in [1.807, 2.05) is 6.07 Å². The quantitative estimate of drug-likeness (QED) is 0.709. The van der Waals surface area contributed by atoms with E-state index in [1.165, 1.54) is 24.9 Å². The summed E-state index contributed by atoms with van der Waals surface area (Å²) in [6.07, 6.45) is -0.232. The fourth-order valence-electron chi connectivity index (χ4n) is 2.58. The largest absolute Gasteiger partial charge is 0.475 e. The molecule has 7 heteroatoms. The van der Waals surface area contributed by atoms with E-state index >= 15 is 0 Å². The van der Waals surface area contributed by atoms with E-state index in [0.29, 0.717) is 11.3 Å². The predicted molar refractivity (Wildman–Crippen MR) is 94.6 cm³/mol. The number of carbonyl (C=O) groups excluding carboxylic acids is 1. The van der Waals surface area contributed by atoms with Gasteiger partial charge in [-0.2, -0.15) is 0 Å². The molecule has 1 aromatic heterocycles. The van der Waals surface area contributed by atoms with Crippen LogP contribution in [0.4, 0.5) is 0 Å². The number of pyridine rings is 1. The van der Waals surface area contributed by atoms with Gasteiger partial charge >= 0.3 is 0 Å². The summed E-state index contributed by atoms with van der Waals surface area (Å²) >= 11 is 1.23. The number of hydrogen-bond donors (Lipinski definition) is 3. The highest BCUT2D eigenvalue weighted by atomic mass is 32.2. The van der Waals surface area contributed by atoms with Crippen LogP contribution in [0.2, 0.25) is 0 Å². The van der Waals surface area contributed by atoms with Crippen LogP contribution in [0.1, 0.15) is 17.3 Å². The van der Waals surface area contributed by atoms with Crippen LogP contribution in [-0.2, 0) is 0 Å². The van der Waals surface area contributed by atoms with E-state index in [4.69, 9.17) is 4.74 Å². The van der Waals surface area contributed by atoms with Crippen molar-refractivity contribution in [1.82, 2.24) is 4.98 Å². The molecule has 1 saturated heterocycles. The first kappa shape index (κ1) is 17.9. The smallest absolute Gasteiger partial charge is 0.173 e. The molecule has 3 rings (SSSR count). The number of aliphatic hydroxyl groups excluding tert-OH is 3. The summed E-state index contributed by atoms with van der Waals surface area (Å²) in [6, 6.07) is 8.97. The molecule has 1 aromatic carbocycles. The van der Waals surface area contributed by atoms with Crippen LogP contribution in [0, 0.1) is 0 Å². The van der Waals surface area contributed by atoms with E-state index < -0.39 is 23.7 Å². The Morgan fingerprint density at radius 1 is 1.16 bits per heavy atom. The molecule has 4 atom stereocenters. The summed E-state index contributed by atoms with van der Waals surface area (Å²) in [7, 11) is 0. The maximum absolute atomic E-state index is 11.5. The molecule has 0 unspecified atom stereocenters. The van der Waals surface area contributed by atoms with Crippen LogP contribution in [0.25, 0.3) is 11.1 Å². The molecule has 0 aliphatic carbocycles. The van der Waals surface area contributed by atoms with Gasteiger partial charge in [-0.15, -0.1) is 11.8 Å². The van der Waals surface area contributed by atoms with Crippen LogP contribution < -0.4 is 4.74 Å². The Hall–Kier alpha value is -1.93. The summed E-state index contributed by atoms with van der Waals surface area (Å²) in [4.78, 5) is 15.7. The predicted octanol–water partition coefficient (Wildman–Crippen LogP) is 1.49. The minimum atomic E-state index is -1.24. The van der Waals surface area contributed by atoms with Crippen molar-refractivity contribution in [1.29, 1.82) is 0 Å². The second-order valence-electron chi connectivity index (χ2n) is 5.91. The minimum absolute atomic E-state index is 0.0171. The van der Waals surface area contributed by atoms with Gasteiger partial charge in [-0.25, -0.2) is 0 Å². The summed E-state index contributed by atoms with van der Waals surface area (Å²) in [5, 5.41) is 29.4. The van der Waals surface area contributed by atoms with Crippen molar-refractivity contribution in [3.8, 4) is 16.9 Å². The molecule has 1 aliphatic heterocycles. The molecular formula is C18H19NO5S. The van der Waals surface area contributed by atoms with E-state index in [0.717, 1.165) is 11.1 Å². The highest BCUT2D eigenvalue weighted by Gasteiger charge is 2.38. The molecule has 0 spiro atoms. The van der Waals surface area contributed by atoms with E-state index in [9.17, 15) is 20.1 Å². The standard InChI is InChI=1S/C18H19NO5S/c1-10(20)11-3-2-4-12(5-11)13-6-14(8-19-7-13)24-18-17(23)16(22)15(21)9-25-18/h2-8,15-18,21-23H,9H2,1H3/t15-,16+,17-,18-/m1/s1.